The summed E-state index contributed by atoms with van der Waals surface area (Å²) in [5.74, 6) is 0.530. The van der Waals surface area contributed by atoms with Crippen molar-refractivity contribution in [1.82, 2.24) is 19.9 Å². The van der Waals surface area contributed by atoms with Gasteiger partial charge in [0.05, 0.1) is 12.8 Å². The van der Waals surface area contributed by atoms with E-state index in [-0.39, 0.29) is 11.9 Å². The minimum atomic E-state index is 0.255. The summed E-state index contributed by atoms with van der Waals surface area (Å²) in [5, 5.41) is 0. The minimum absolute atomic E-state index is 0.255. The lowest BCUT2D eigenvalue weighted by Crippen LogP contribution is -2.06. The second-order valence-electron chi connectivity index (χ2n) is 4.38. The summed E-state index contributed by atoms with van der Waals surface area (Å²) in [7, 11) is 1.56. The van der Waals surface area contributed by atoms with Crippen molar-refractivity contribution in [2.45, 2.75) is 25.2 Å². The van der Waals surface area contributed by atoms with E-state index in [2.05, 4.69) is 32.1 Å². The summed E-state index contributed by atoms with van der Waals surface area (Å²) < 4.78 is 5.09. The fourth-order valence-electron chi connectivity index (χ4n) is 2.32. The Hall–Kier alpha value is -2.11. The van der Waals surface area contributed by atoms with Gasteiger partial charge in [-0.25, -0.2) is 4.98 Å². The van der Waals surface area contributed by atoms with Gasteiger partial charge in [-0.15, -0.1) is 0 Å². The first-order valence-electron chi connectivity index (χ1n) is 6.01. The number of hydrogen-bond donors (Lipinski definition) is 2. The van der Waals surface area contributed by atoms with Gasteiger partial charge >= 0.3 is 0 Å². The second-order valence-corrected chi connectivity index (χ2v) is 4.38. The average molecular weight is 245 g/mol. The lowest BCUT2D eigenvalue weighted by atomic mass is 9.92. The average Bonchev–Trinajstić information content (AvgIpc) is 2.81. The van der Waals surface area contributed by atoms with Crippen LogP contribution in [0, 0.1) is 0 Å². The molecule has 94 valence electrons. The Morgan fingerprint density at radius 2 is 2.28 bits per heavy atom. The maximum Gasteiger partial charge on any atom is 0.295 e. The van der Waals surface area contributed by atoms with Crippen LogP contribution < -0.4 is 10.5 Å². The van der Waals surface area contributed by atoms with Crippen LogP contribution in [0.2, 0.25) is 0 Å². The summed E-state index contributed by atoms with van der Waals surface area (Å²) in [6.07, 6.45) is 7.73. The van der Waals surface area contributed by atoms with Gasteiger partial charge in [0.2, 0.25) is 5.95 Å². The van der Waals surface area contributed by atoms with Crippen molar-refractivity contribution in [2.75, 3.05) is 12.8 Å². The van der Waals surface area contributed by atoms with Gasteiger partial charge in [-0.05, 0) is 19.3 Å². The van der Waals surface area contributed by atoms with Crippen LogP contribution in [-0.2, 0) is 0 Å². The SMILES string of the molecule is COc1nc2nc(N)nc(C3C=CCCC3)c2[nH]1. The number of anilines is 1. The van der Waals surface area contributed by atoms with Gasteiger partial charge in [0.1, 0.15) is 5.52 Å². The van der Waals surface area contributed by atoms with Gasteiger partial charge in [0, 0.05) is 5.92 Å². The number of ether oxygens (including phenoxy) is 1. The van der Waals surface area contributed by atoms with Crippen molar-refractivity contribution in [3.8, 4) is 6.01 Å². The van der Waals surface area contributed by atoms with E-state index in [1.54, 1.807) is 7.11 Å². The first-order chi connectivity index (χ1) is 8.78. The van der Waals surface area contributed by atoms with E-state index in [9.17, 15) is 0 Å². The number of methoxy groups -OCH3 is 1. The van der Waals surface area contributed by atoms with Crippen molar-refractivity contribution in [2.24, 2.45) is 0 Å². The molecule has 2 aromatic heterocycles. The molecule has 0 aromatic carbocycles. The predicted octanol–water partition coefficient (Wildman–Crippen LogP) is 1.77. The molecule has 0 spiro atoms. The summed E-state index contributed by atoms with van der Waals surface area (Å²) in [5.41, 5.74) is 8.03. The number of nitrogen functional groups attached to an aromatic ring is 1. The standard InChI is InChI=1S/C12H15N5O/c1-18-12-15-9-8(7-5-3-2-4-6-7)14-11(13)16-10(9)17-12/h3,5,7H,2,4,6H2,1H3,(H3,13,14,15,16,17). The molecule has 18 heavy (non-hydrogen) atoms. The maximum absolute atomic E-state index is 5.74. The van der Waals surface area contributed by atoms with Crippen LogP contribution in [0.25, 0.3) is 11.2 Å². The predicted molar refractivity (Wildman–Crippen MR) is 68.4 cm³/mol. The van der Waals surface area contributed by atoms with Crippen LogP contribution in [0.4, 0.5) is 5.95 Å². The third-order valence-electron chi connectivity index (χ3n) is 3.17. The molecule has 0 saturated carbocycles. The smallest absolute Gasteiger partial charge is 0.295 e. The van der Waals surface area contributed by atoms with Crippen molar-refractivity contribution in [3.05, 3.63) is 17.8 Å². The Bertz CT molecular complexity index is 604. The molecule has 0 bridgehead atoms. The van der Waals surface area contributed by atoms with E-state index in [1.807, 2.05) is 0 Å². The van der Waals surface area contributed by atoms with E-state index in [0.29, 0.717) is 11.7 Å². The van der Waals surface area contributed by atoms with Gasteiger partial charge in [-0.1, -0.05) is 12.2 Å². The van der Waals surface area contributed by atoms with E-state index in [0.717, 1.165) is 30.5 Å². The van der Waals surface area contributed by atoms with Gasteiger partial charge in [0.25, 0.3) is 6.01 Å². The number of aromatic nitrogens is 4. The number of nitrogens with zero attached hydrogens (tertiary/aromatic N) is 3. The molecule has 1 aliphatic rings. The van der Waals surface area contributed by atoms with E-state index >= 15 is 0 Å². The normalized spacial score (nSPS) is 19.3. The maximum atomic E-state index is 5.74. The Morgan fingerprint density at radius 1 is 1.39 bits per heavy atom. The summed E-state index contributed by atoms with van der Waals surface area (Å²) in [6.45, 7) is 0. The highest BCUT2D eigenvalue weighted by Gasteiger charge is 2.19. The molecular formula is C12H15N5O. The van der Waals surface area contributed by atoms with E-state index < -0.39 is 0 Å². The molecule has 6 heteroatoms. The highest BCUT2D eigenvalue weighted by Crippen LogP contribution is 2.31. The lowest BCUT2D eigenvalue weighted by molar-refractivity contribution is 0.385. The second kappa shape index (κ2) is 4.29. The number of aromatic amines is 1. The molecule has 2 aromatic rings. The zero-order valence-corrected chi connectivity index (χ0v) is 10.2. The molecule has 2 heterocycles. The number of H-pyrrole nitrogens is 1. The molecule has 1 aliphatic carbocycles. The molecule has 3 N–H and O–H groups in total. The number of nitrogens with one attached hydrogen (secondary N) is 1. The molecule has 1 atom stereocenters. The number of imidazole rings is 1. The van der Waals surface area contributed by atoms with Crippen molar-refractivity contribution in [3.63, 3.8) is 0 Å². The largest absolute Gasteiger partial charge is 0.468 e. The van der Waals surface area contributed by atoms with Crippen molar-refractivity contribution < 1.29 is 4.74 Å². The summed E-state index contributed by atoms with van der Waals surface area (Å²) >= 11 is 0. The van der Waals surface area contributed by atoms with Crippen LogP contribution >= 0.6 is 0 Å². The van der Waals surface area contributed by atoms with Crippen LogP contribution in [0.3, 0.4) is 0 Å². The van der Waals surface area contributed by atoms with Gasteiger partial charge in [0.15, 0.2) is 5.65 Å². The summed E-state index contributed by atoms with van der Waals surface area (Å²) in [6, 6.07) is 0.436. The quantitative estimate of drug-likeness (QED) is 0.787. The van der Waals surface area contributed by atoms with Gasteiger partial charge in [-0.3, -0.25) is 0 Å². The fraction of sp³-hybridized carbons (Fsp3) is 0.417. The van der Waals surface area contributed by atoms with Gasteiger partial charge in [-0.2, -0.15) is 9.97 Å². The molecule has 3 rings (SSSR count). The van der Waals surface area contributed by atoms with Gasteiger partial charge < -0.3 is 15.5 Å². The molecule has 0 saturated heterocycles. The molecule has 0 aliphatic heterocycles. The fourth-order valence-corrected chi connectivity index (χ4v) is 2.32. The Kier molecular flexibility index (Phi) is 2.62. The third kappa shape index (κ3) is 1.79. The zero-order chi connectivity index (χ0) is 12.5. The molecule has 6 nitrogen and oxygen atoms in total. The van der Waals surface area contributed by atoms with Crippen LogP contribution in [-0.4, -0.2) is 27.0 Å². The monoisotopic (exact) mass is 245 g/mol. The molecule has 0 fully saturated rings. The lowest BCUT2D eigenvalue weighted by Gasteiger charge is -2.16. The Labute approximate surface area is 104 Å². The number of nitrogens with two attached hydrogens (primary N) is 1. The Morgan fingerprint density at radius 3 is 3.00 bits per heavy atom. The highest BCUT2D eigenvalue weighted by molar-refractivity contribution is 5.76. The molecule has 1 unspecified atom stereocenters. The summed E-state index contributed by atoms with van der Waals surface area (Å²) in [4.78, 5) is 15.8. The van der Waals surface area contributed by atoms with Crippen molar-refractivity contribution in [1.29, 1.82) is 0 Å². The van der Waals surface area contributed by atoms with Crippen LogP contribution in [0.5, 0.6) is 6.01 Å². The highest BCUT2D eigenvalue weighted by atomic mass is 16.5. The first-order valence-corrected chi connectivity index (χ1v) is 6.01. The minimum Gasteiger partial charge on any atom is -0.468 e. The molecule has 0 radical (unpaired) electrons. The number of allylic oxidation sites excluding steroid dienone is 2. The number of hydrogen-bond acceptors (Lipinski definition) is 5. The van der Waals surface area contributed by atoms with E-state index in [1.165, 1.54) is 0 Å². The number of rotatable bonds is 2. The molecule has 0 amide bonds. The first kappa shape index (κ1) is 11.0. The molecular weight excluding hydrogens is 230 g/mol. The third-order valence-corrected chi connectivity index (χ3v) is 3.17. The topological polar surface area (TPSA) is 89.7 Å². The zero-order valence-electron chi connectivity index (χ0n) is 10.2. The van der Waals surface area contributed by atoms with Crippen LogP contribution in [0.15, 0.2) is 12.2 Å². The number of fused-ring (bicyclic) bond motifs is 1. The van der Waals surface area contributed by atoms with Crippen molar-refractivity contribution >= 4 is 17.1 Å². The Balaban J connectivity index is 2.16. The van der Waals surface area contributed by atoms with Crippen LogP contribution in [0.1, 0.15) is 30.9 Å². The van der Waals surface area contributed by atoms with E-state index in [4.69, 9.17) is 10.5 Å².